The van der Waals surface area contributed by atoms with Crippen molar-refractivity contribution in [3.63, 3.8) is 0 Å². The largest absolute Gasteiger partial charge is 0.404 e. The highest BCUT2D eigenvalue weighted by Crippen LogP contribution is 2.37. The van der Waals surface area contributed by atoms with Crippen molar-refractivity contribution in [1.82, 2.24) is 24.6 Å². The molecule has 0 aliphatic carbocycles. The molecule has 13 heteroatoms. The number of benzene rings is 1. The predicted octanol–water partition coefficient (Wildman–Crippen LogP) is 5.29. The number of anilines is 2. The van der Waals surface area contributed by atoms with Gasteiger partial charge in [-0.2, -0.15) is 18.2 Å². The molecule has 0 bridgehead atoms. The molecule has 182 valence electrons. The fourth-order valence-corrected chi connectivity index (χ4v) is 3.20. The molecular weight excluding hydrogens is 481 g/mol. The highest BCUT2D eigenvalue weighted by atomic mass is 19.4. The molecule has 0 fully saturated rings. The lowest BCUT2D eigenvalue weighted by atomic mass is 9.93. The first-order valence-electron chi connectivity index (χ1n) is 9.96. The molecule has 0 amide bonds. The van der Waals surface area contributed by atoms with Crippen molar-refractivity contribution in [3.05, 3.63) is 54.1 Å². The molecule has 0 saturated heterocycles. The maximum Gasteiger partial charge on any atom is 0.404 e. The van der Waals surface area contributed by atoms with Crippen molar-refractivity contribution >= 4 is 28.2 Å². The van der Waals surface area contributed by atoms with Gasteiger partial charge in [0.2, 0.25) is 0 Å². The van der Waals surface area contributed by atoms with Gasteiger partial charge in [0.05, 0.1) is 29.8 Å². The molecular formula is C22H15F7N6. The number of nitrogens with zero attached hydrogens (tertiary/aromatic N) is 6. The van der Waals surface area contributed by atoms with Gasteiger partial charge in [0.1, 0.15) is 23.4 Å². The van der Waals surface area contributed by atoms with Gasteiger partial charge >= 0.3 is 6.18 Å². The summed E-state index contributed by atoms with van der Waals surface area (Å²) in [4.78, 5) is 8.73. The third kappa shape index (κ3) is 4.68. The van der Waals surface area contributed by atoms with Gasteiger partial charge in [-0.05, 0) is 32.0 Å². The average molecular weight is 496 g/mol. The van der Waals surface area contributed by atoms with Crippen molar-refractivity contribution in [2.45, 2.75) is 26.4 Å². The van der Waals surface area contributed by atoms with E-state index in [1.165, 1.54) is 16.9 Å². The second-order valence-corrected chi connectivity index (χ2v) is 8.02. The van der Waals surface area contributed by atoms with Crippen molar-refractivity contribution in [3.8, 4) is 11.8 Å². The van der Waals surface area contributed by atoms with E-state index in [0.29, 0.717) is 0 Å². The number of fused-ring (bicyclic) bond motifs is 3. The number of hydrogen-bond acceptors (Lipinski definition) is 5. The van der Waals surface area contributed by atoms with Crippen LogP contribution >= 0.6 is 0 Å². The first-order valence-corrected chi connectivity index (χ1v) is 9.96. The first-order chi connectivity index (χ1) is 16.4. The molecule has 0 aliphatic rings. The Morgan fingerprint density at radius 3 is 2.51 bits per heavy atom. The lowest BCUT2D eigenvalue weighted by Crippen LogP contribution is -2.30. The van der Waals surface area contributed by atoms with E-state index in [4.69, 9.17) is 0 Å². The van der Waals surface area contributed by atoms with Crippen molar-refractivity contribution in [1.29, 1.82) is 0 Å². The van der Waals surface area contributed by atoms with Crippen molar-refractivity contribution < 1.29 is 30.7 Å². The number of aromatic nitrogens is 5. The summed E-state index contributed by atoms with van der Waals surface area (Å²) in [6.07, 6.45) is -4.30. The van der Waals surface area contributed by atoms with Crippen LogP contribution in [0.15, 0.2) is 36.9 Å². The van der Waals surface area contributed by atoms with Gasteiger partial charge < -0.3 is 4.90 Å². The maximum atomic E-state index is 14.8. The molecule has 3 heterocycles. The topological polar surface area (TPSA) is 59.2 Å². The molecule has 3 aromatic heterocycles. The van der Waals surface area contributed by atoms with Crippen LogP contribution in [-0.4, -0.2) is 43.7 Å². The number of pyridine rings is 1. The lowest BCUT2D eigenvalue weighted by Gasteiger charge is -2.25. The number of alkyl halides is 5. The van der Waals surface area contributed by atoms with Gasteiger partial charge in [0.15, 0.2) is 5.82 Å². The molecule has 6 nitrogen and oxygen atoms in total. The Hall–Kier alpha value is -3.95. The minimum atomic E-state index is -4.65. The normalized spacial score (nSPS) is 12.3. The van der Waals surface area contributed by atoms with Crippen LogP contribution in [0.4, 0.5) is 42.2 Å². The van der Waals surface area contributed by atoms with Crippen LogP contribution < -0.4 is 4.90 Å². The minimum Gasteiger partial charge on any atom is -0.320 e. The van der Waals surface area contributed by atoms with E-state index in [1.54, 1.807) is 0 Å². The summed E-state index contributed by atoms with van der Waals surface area (Å²) in [5.74, 6) is 2.03. The smallest absolute Gasteiger partial charge is 0.320 e. The zero-order valence-corrected chi connectivity index (χ0v) is 18.1. The molecule has 1 aromatic carbocycles. The Bertz CT molecular complexity index is 1470. The number of halogens is 7. The maximum absolute atomic E-state index is 14.8. The van der Waals surface area contributed by atoms with E-state index < -0.39 is 36.2 Å². The van der Waals surface area contributed by atoms with E-state index >= 15 is 0 Å². The molecule has 0 aliphatic heterocycles. The summed E-state index contributed by atoms with van der Waals surface area (Å²) in [5, 5.41) is 7.22. The standard InChI is InChI=1S/C22H15F7N6/c1-21(2,22(27,28)29)4-3-12-5-13(23)7-14(6-12)34(10-17(25)26)19-18-15(24)8-30-9-16(18)35-11-31-33-20(35)32-19/h5-9,11,17H,10H2,1-2H3. The number of rotatable bonds is 4. The van der Waals surface area contributed by atoms with Crippen LogP contribution in [-0.2, 0) is 0 Å². The van der Waals surface area contributed by atoms with Crippen molar-refractivity contribution in [2.24, 2.45) is 5.41 Å². The highest BCUT2D eigenvalue weighted by Gasteiger charge is 2.46. The first kappa shape index (κ1) is 24.2. The second-order valence-electron chi connectivity index (χ2n) is 8.02. The monoisotopic (exact) mass is 496 g/mol. The zero-order valence-electron chi connectivity index (χ0n) is 18.1. The van der Waals surface area contributed by atoms with E-state index in [0.717, 1.165) is 43.1 Å². The molecule has 35 heavy (non-hydrogen) atoms. The van der Waals surface area contributed by atoms with E-state index in [9.17, 15) is 30.7 Å². The summed E-state index contributed by atoms with van der Waals surface area (Å²) in [6.45, 7) is 0.659. The van der Waals surface area contributed by atoms with E-state index in [1.807, 2.05) is 5.92 Å². The summed E-state index contributed by atoms with van der Waals surface area (Å²) in [5.41, 5.74) is -2.73. The Morgan fingerprint density at radius 1 is 1.09 bits per heavy atom. The van der Waals surface area contributed by atoms with Gasteiger partial charge in [0, 0.05) is 11.3 Å². The third-order valence-electron chi connectivity index (χ3n) is 5.10. The summed E-state index contributed by atoms with van der Waals surface area (Å²) in [7, 11) is 0. The van der Waals surface area contributed by atoms with Gasteiger partial charge in [-0.1, -0.05) is 11.8 Å². The van der Waals surface area contributed by atoms with Crippen LogP contribution in [0, 0.1) is 28.9 Å². The van der Waals surface area contributed by atoms with Crippen LogP contribution in [0.25, 0.3) is 16.7 Å². The highest BCUT2D eigenvalue weighted by molar-refractivity contribution is 5.93. The lowest BCUT2D eigenvalue weighted by molar-refractivity contribution is -0.190. The van der Waals surface area contributed by atoms with Crippen LogP contribution in [0.2, 0.25) is 0 Å². The average Bonchev–Trinajstić information content (AvgIpc) is 3.23. The Morgan fingerprint density at radius 2 is 1.83 bits per heavy atom. The molecule has 4 rings (SSSR count). The van der Waals surface area contributed by atoms with Gasteiger partial charge in [-0.15, -0.1) is 10.2 Å². The Labute approximate surface area is 193 Å². The van der Waals surface area contributed by atoms with Crippen LogP contribution in [0.3, 0.4) is 0 Å². The fraction of sp³-hybridized carbons (Fsp3) is 0.273. The molecule has 0 radical (unpaired) electrons. The zero-order chi connectivity index (χ0) is 25.5. The van der Waals surface area contributed by atoms with Gasteiger partial charge in [-0.3, -0.25) is 9.38 Å². The quantitative estimate of drug-likeness (QED) is 0.284. The van der Waals surface area contributed by atoms with Crippen LogP contribution in [0.5, 0.6) is 0 Å². The molecule has 0 unspecified atom stereocenters. The summed E-state index contributed by atoms with van der Waals surface area (Å²) in [6, 6.07) is 2.84. The SMILES string of the molecule is CC(C)(C#Cc1cc(F)cc(N(CC(F)F)c2nc3nncn3c3cncc(F)c23)c1)C(F)(F)F. The molecule has 0 saturated carbocycles. The van der Waals surface area contributed by atoms with Crippen molar-refractivity contribution in [2.75, 3.05) is 11.4 Å². The van der Waals surface area contributed by atoms with Gasteiger partial charge in [0.25, 0.3) is 12.2 Å². The fourth-order valence-electron chi connectivity index (χ4n) is 3.20. The predicted molar refractivity (Wildman–Crippen MR) is 112 cm³/mol. The van der Waals surface area contributed by atoms with E-state index in [-0.39, 0.29) is 33.7 Å². The molecule has 4 aromatic rings. The molecule has 0 spiro atoms. The Balaban J connectivity index is 1.92. The van der Waals surface area contributed by atoms with E-state index in [2.05, 4.69) is 26.1 Å². The summed E-state index contributed by atoms with van der Waals surface area (Å²) >= 11 is 0. The summed E-state index contributed by atoms with van der Waals surface area (Å²) < 4.78 is 97.2. The van der Waals surface area contributed by atoms with Crippen LogP contribution in [0.1, 0.15) is 19.4 Å². The third-order valence-corrected chi connectivity index (χ3v) is 5.10. The molecule has 0 atom stereocenters. The van der Waals surface area contributed by atoms with Gasteiger partial charge in [-0.25, -0.2) is 17.6 Å². The number of hydrogen-bond donors (Lipinski definition) is 0. The molecule has 0 N–H and O–H groups in total. The minimum absolute atomic E-state index is 0.0671. The second kappa shape index (κ2) is 8.68. The Kier molecular flexibility index (Phi) is 6.00.